The van der Waals surface area contributed by atoms with Crippen LogP contribution >= 0.6 is 0 Å². The van der Waals surface area contributed by atoms with E-state index >= 15 is 0 Å². The molecule has 0 radical (unpaired) electrons. The fourth-order valence-electron chi connectivity index (χ4n) is 4.87. The highest BCUT2D eigenvalue weighted by Gasteiger charge is 2.29. The fourth-order valence-corrected chi connectivity index (χ4v) is 4.87. The van der Waals surface area contributed by atoms with Gasteiger partial charge in [-0.15, -0.1) is 0 Å². The number of carbonyl (C=O) groups is 2. The highest BCUT2D eigenvalue weighted by molar-refractivity contribution is 5.98. The van der Waals surface area contributed by atoms with Crippen LogP contribution in [0.5, 0.6) is 0 Å². The van der Waals surface area contributed by atoms with Crippen molar-refractivity contribution < 1.29 is 9.59 Å². The zero-order valence-corrected chi connectivity index (χ0v) is 20.8. The number of rotatable bonds is 6. The molecular formula is C30H32N4O2. The lowest BCUT2D eigenvalue weighted by Gasteiger charge is -2.39. The van der Waals surface area contributed by atoms with Gasteiger partial charge in [-0.05, 0) is 59.7 Å². The van der Waals surface area contributed by atoms with Crippen LogP contribution in [0.2, 0.25) is 0 Å². The van der Waals surface area contributed by atoms with Crippen molar-refractivity contribution in [3.8, 4) is 0 Å². The Balaban J connectivity index is 1.13. The number of hydrogen-bond donors (Lipinski definition) is 2. The maximum Gasteiger partial charge on any atom is 0.241 e. The lowest BCUT2D eigenvalue weighted by atomic mass is 10.1. The Bertz CT molecular complexity index is 1290. The summed E-state index contributed by atoms with van der Waals surface area (Å²) in [4.78, 5) is 30.2. The molecule has 2 unspecified atom stereocenters. The van der Waals surface area contributed by atoms with E-state index in [0.29, 0.717) is 0 Å². The molecule has 1 aliphatic rings. The summed E-state index contributed by atoms with van der Waals surface area (Å²) in [5.74, 6) is -0.0262. The van der Waals surface area contributed by atoms with Crippen LogP contribution in [-0.4, -0.2) is 59.9 Å². The first kappa shape index (κ1) is 24.0. The quantitative estimate of drug-likeness (QED) is 0.409. The van der Waals surface area contributed by atoms with Gasteiger partial charge in [-0.3, -0.25) is 19.4 Å². The lowest BCUT2D eigenvalue weighted by Crippen LogP contribution is -2.56. The molecule has 1 heterocycles. The smallest absolute Gasteiger partial charge is 0.241 e. The molecule has 4 aromatic rings. The maximum atomic E-state index is 12.9. The molecule has 0 saturated carbocycles. The molecule has 1 fully saturated rings. The van der Waals surface area contributed by atoms with Crippen LogP contribution < -0.4 is 10.6 Å². The van der Waals surface area contributed by atoms with E-state index in [4.69, 9.17) is 0 Å². The molecule has 0 spiro atoms. The van der Waals surface area contributed by atoms with Crippen LogP contribution in [0.3, 0.4) is 0 Å². The molecular weight excluding hydrogens is 448 g/mol. The molecule has 184 valence electrons. The average molecular weight is 481 g/mol. The summed E-state index contributed by atoms with van der Waals surface area (Å²) >= 11 is 0. The normalized spacial score (nSPS) is 16.5. The van der Waals surface area contributed by atoms with Crippen molar-refractivity contribution in [2.75, 3.05) is 36.8 Å². The van der Waals surface area contributed by atoms with Gasteiger partial charge in [-0.2, -0.15) is 0 Å². The van der Waals surface area contributed by atoms with Crippen LogP contribution in [0.4, 0.5) is 11.4 Å². The van der Waals surface area contributed by atoms with Crippen molar-refractivity contribution in [3.05, 3.63) is 84.9 Å². The van der Waals surface area contributed by atoms with Crippen LogP contribution in [0, 0.1) is 0 Å². The van der Waals surface area contributed by atoms with Gasteiger partial charge in [-0.1, -0.05) is 60.7 Å². The summed E-state index contributed by atoms with van der Waals surface area (Å²) < 4.78 is 0. The van der Waals surface area contributed by atoms with E-state index in [1.54, 1.807) is 0 Å². The van der Waals surface area contributed by atoms with Gasteiger partial charge in [0.15, 0.2) is 0 Å². The third-order valence-corrected chi connectivity index (χ3v) is 7.24. The maximum absolute atomic E-state index is 12.9. The number of nitrogens with one attached hydrogen (secondary N) is 2. The minimum Gasteiger partial charge on any atom is -0.325 e. The van der Waals surface area contributed by atoms with Crippen molar-refractivity contribution in [3.63, 3.8) is 0 Å². The zero-order valence-electron chi connectivity index (χ0n) is 20.8. The standard InChI is InChI=1S/C30H32N4O2/c1-21(29(35)31-27-13-11-23-7-3-5-9-25(23)19-27)33-15-17-34(18-16-33)22(2)30(36)32-28-14-12-24-8-4-6-10-26(24)20-28/h3-14,19-22H,15-18H2,1-2H3,(H,31,35)(H,32,36). The Morgan fingerprint density at radius 2 is 0.944 bits per heavy atom. The highest BCUT2D eigenvalue weighted by Crippen LogP contribution is 2.21. The van der Waals surface area contributed by atoms with Gasteiger partial charge in [0, 0.05) is 37.6 Å². The molecule has 36 heavy (non-hydrogen) atoms. The van der Waals surface area contributed by atoms with Crippen molar-refractivity contribution in [2.24, 2.45) is 0 Å². The minimum absolute atomic E-state index is 0.0131. The second kappa shape index (κ2) is 10.5. The van der Waals surface area contributed by atoms with Crippen LogP contribution in [0.1, 0.15) is 13.8 Å². The summed E-state index contributed by atoms with van der Waals surface area (Å²) in [6.07, 6.45) is 0. The first-order valence-corrected chi connectivity index (χ1v) is 12.6. The molecule has 0 bridgehead atoms. The molecule has 0 aliphatic carbocycles. The molecule has 5 rings (SSSR count). The summed E-state index contributed by atoms with van der Waals surface area (Å²) in [7, 11) is 0. The highest BCUT2D eigenvalue weighted by atomic mass is 16.2. The summed E-state index contributed by atoms with van der Waals surface area (Å²) in [6.45, 7) is 6.84. The largest absolute Gasteiger partial charge is 0.325 e. The van der Waals surface area contributed by atoms with Crippen LogP contribution in [0.25, 0.3) is 21.5 Å². The average Bonchev–Trinajstić information content (AvgIpc) is 2.92. The van der Waals surface area contributed by atoms with E-state index in [1.165, 1.54) is 0 Å². The summed E-state index contributed by atoms with van der Waals surface area (Å²) in [6, 6.07) is 27.7. The molecule has 2 atom stereocenters. The predicted molar refractivity (Wildman–Crippen MR) is 147 cm³/mol. The number of piperazine rings is 1. The van der Waals surface area contributed by atoms with Crippen molar-refractivity contribution >= 4 is 44.7 Å². The van der Waals surface area contributed by atoms with Gasteiger partial charge in [0.25, 0.3) is 0 Å². The molecule has 6 heteroatoms. The molecule has 2 N–H and O–H groups in total. The Kier molecular flexibility index (Phi) is 6.98. The third kappa shape index (κ3) is 5.25. The Morgan fingerprint density at radius 1 is 0.583 bits per heavy atom. The molecule has 1 aliphatic heterocycles. The van der Waals surface area contributed by atoms with E-state index in [-0.39, 0.29) is 23.9 Å². The van der Waals surface area contributed by atoms with Gasteiger partial charge in [0.1, 0.15) is 0 Å². The van der Waals surface area contributed by atoms with Crippen molar-refractivity contribution in [1.29, 1.82) is 0 Å². The zero-order chi connectivity index (χ0) is 25.1. The number of carbonyl (C=O) groups excluding carboxylic acids is 2. The number of amides is 2. The number of hydrogen-bond acceptors (Lipinski definition) is 4. The molecule has 2 amide bonds. The van der Waals surface area contributed by atoms with Crippen LogP contribution in [0.15, 0.2) is 84.9 Å². The third-order valence-electron chi connectivity index (χ3n) is 7.24. The summed E-state index contributed by atoms with van der Waals surface area (Å²) in [5, 5.41) is 10.6. The van der Waals surface area contributed by atoms with Gasteiger partial charge in [-0.25, -0.2) is 0 Å². The van der Waals surface area contributed by atoms with E-state index in [1.807, 2.05) is 86.6 Å². The second-order valence-electron chi connectivity index (χ2n) is 9.53. The molecule has 4 aromatic carbocycles. The topological polar surface area (TPSA) is 64.7 Å². The van der Waals surface area contributed by atoms with E-state index in [2.05, 4.69) is 32.6 Å². The first-order chi connectivity index (χ1) is 17.5. The number of nitrogens with zero attached hydrogens (tertiary/aromatic N) is 2. The van der Waals surface area contributed by atoms with Gasteiger partial charge in [0.2, 0.25) is 11.8 Å². The number of fused-ring (bicyclic) bond motifs is 2. The predicted octanol–water partition coefficient (Wildman–Crippen LogP) is 4.96. The monoisotopic (exact) mass is 480 g/mol. The van der Waals surface area contributed by atoms with Gasteiger partial charge < -0.3 is 10.6 Å². The Morgan fingerprint density at radius 3 is 1.33 bits per heavy atom. The van der Waals surface area contributed by atoms with Gasteiger partial charge >= 0.3 is 0 Å². The Hall–Kier alpha value is -3.74. The number of benzene rings is 4. The van der Waals surface area contributed by atoms with Gasteiger partial charge in [0.05, 0.1) is 12.1 Å². The summed E-state index contributed by atoms with van der Waals surface area (Å²) in [5.41, 5.74) is 1.62. The van der Waals surface area contributed by atoms with Crippen molar-refractivity contribution in [2.45, 2.75) is 25.9 Å². The molecule has 1 saturated heterocycles. The van der Waals surface area contributed by atoms with E-state index < -0.39 is 0 Å². The number of anilines is 2. The fraction of sp³-hybridized carbons (Fsp3) is 0.267. The molecule has 6 nitrogen and oxygen atoms in total. The first-order valence-electron chi connectivity index (χ1n) is 12.6. The SMILES string of the molecule is CC(C(=O)Nc1ccc2ccccc2c1)N1CCN(C(C)C(=O)Nc2ccc3ccccc3c2)CC1. The van der Waals surface area contributed by atoms with Crippen LogP contribution in [-0.2, 0) is 9.59 Å². The molecule has 0 aromatic heterocycles. The van der Waals surface area contributed by atoms with E-state index in [0.717, 1.165) is 59.1 Å². The lowest BCUT2D eigenvalue weighted by molar-refractivity contribution is -0.124. The second-order valence-corrected chi connectivity index (χ2v) is 9.53. The minimum atomic E-state index is -0.250. The van der Waals surface area contributed by atoms with E-state index in [9.17, 15) is 9.59 Å². The Labute approximate surface area is 211 Å². The van der Waals surface area contributed by atoms with Crippen molar-refractivity contribution in [1.82, 2.24) is 9.80 Å².